The molecule has 0 aliphatic heterocycles. The molecular formula is C33H60NO8P. The van der Waals surface area contributed by atoms with Gasteiger partial charge in [0, 0.05) is 19.4 Å². The van der Waals surface area contributed by atoms with E-state index >= 15 is 0 Å². The Bertz CT molecular complexity index is 815. The summed E-state index contributed by atoms with van der Waals surface area (Å²) in [5.74, 6) is -0.871. The van der Waals surface area contributed by atoms with Gasteiger partial charge < -0.3 is 20.1 Å². The van der Waals surface area contributed by atoms with E-state index in [1.54, 1.807) is 0 Å². The van der Waals surface area contributed by atoms with Gasteiger partial charge in [-0.3, -0.25) is 18.6 Å². The fourth-order valence-electron chi connectivity index (χ4n) is 4.12. The van der Waals surface area contributed by atoms with Crippen molar-refractivity contribution in [1.82, 2.24) is 0 Å². The van der Waals surface area contributed by atoms with Crippen molar-refractivity contribution in [3.8, 4) is 0 Å². The van der Waals surface area contributed by atoms with Gasteiger partial charge in [-0.25, -0.2) is 4.57 Å². The molecule has 0 heterocycles. The number of phosphoric acid groups is 1. The highest BCUT2D eigenvalue weighted by Crippen LogP contribution is 2.43. The second-order valence-corrected chi connectivity index (χ2v) is 12.1. The molecule has 0 spiro atoms. The van der Waals surface area contributed by atoms with Gasteiger partial charge >= 0.3 is 19.8 Å². The number of hydrogen-bond donors (Lipinski definition) is 2. The van der Waals surface area contributed by atoms with Crippen molar-refractivity contribution >= 4 is 19.8 Å². The lowest BCUT2D eigenvalue weighted by Gasteiger charge is -2.19. The van der Waals surface area contributed by atoms with E-state index in [1.807, 2.05) is 0 Å². The maximum absolute atomic E-state index is 12.4. The molecule has 3 N–H and O–H groups in total. The lowest BCUT2D eigenvalue weighted by Crippen LogP contribution is -2.29. The summed E-state index contributed by atoms with van der Waals surface area (Å²) in [4.78, 5) is 34.4. The molecule has 0 aliphatic rings. The highest BCUT2D eigenvalue weighted by molar-refractivity contribution is 7.47. The number of carbonyl (C=O) groups excluding carboxylic acids is 2. The largest absolute Gasteiger partial charge is 0.472 e. The van der Waals surface area contributed by atoms with Crippen LogP contribution in [-0.4, -0.2) is 49.3 Å². The summed E-state index contributed by atoms with van der Waals surface area (Å²) >= 11 is 0. The third-order valence-corrected chi connectivity index (χ3v) is 7.52. The smallest absolute Gasteiger partial charge is 0.462 e. The lowest BCUT2D eigenvalue weighted by molar-refractivity contribution is -0.161. The van der Waals surface area contributed by atoms with Crippen LogP contribution in [0.5, 0.6) is 0 Å². The first-order chi connectivity index (χ1) is 20.8. The number of esters is 2. The zero-order chi connectivity index (χ0) is 31.9. The number of carbonyl (C=O) groups is 2. The maximum Gasteiger partial charge on any atom is 0.472 e. The van der Waals surface area contributed by atoms with Crippen molar-refractivity contribution in [3.63, 3.8) is 0 Å². The van der Waals surface area contributed by atoms with Crippen molar-refractivity contribution < 1.29 is 37.6 Å². The Kier molecular flexibility index (Phi) is 29.0. The fourth-order valence-corrected chi connectivity index (χ4v) is 4.88. The molecule has 0 aromatic heterocycles. The van der Waals surface area contributed by atoms with Gasteiger partial charge in [0.05, 0.1) is 13.2 Å². The molecule has 0 saturated carbocycles. The summed E-state index contributed by atoms with van der Waals surface area (Å²) in [5.41, 5.74) is 5.30. The number of phosphoric ester groups is 1. The summed E-state index contributed by atoms with van der Waals surface area (Å²) in [7, 11) is -4.37. The Morgan fingerprint density at radius 3 is 1.91 bits per heavy atom. The molecule has 9 nitrogen and oxygen atoms in total. The van der Waals surface area contributed by atoms with Crippen LogP contribution in [-0.2, 0) is 32.7 Å². The Morgan fingerprint density at radius 2 is 1.28 bits per heavy atom. The van der Waals surface area contributed by atoms with Crippen LogP contribution in [0.25, 0.3) is 0 Å². The van der Waals surface area contributed by atoms with Gasteiger partial charge in [0.15, 0.2) is 6.10 Å². The summed E-state index contributed by atoms with van der Waals surface area (Å²) in [6.07, 6.45) is 29.0. The van der Waals surface area contributed by atoms with E-state index in [1.165, 1.54) is 38.5 Å². The van der Waals surface area contributed by atoms with Crippen LogP contribution >= 0.6 is 7.82 Å². The van der Waals surface area contributed by atoms with Crippen molar-refractivity contribution in [2.45, 2.75) is 136 Å². The molecule has 0 aromatic rings. The minimum Gasteiger partial charge on any atom is -0.462 e. The van der Waals surface area contributed by atoms with E-state index in [-0.39, 0.29) is 32.6 Å². The summed E-state index contributed by atoms with van der Waals surface area (Å²) in [6, 6.07) is 0. The first kappa shape index (κ1) is 41.2. The predicted octanol–water partition coefficient (Wildman–Crippen LogP) is 8.26. The monoisotopic (exact) mass is 629 g/mol. The highest BCUT2D eigenvalue weighted by Gasteiger charge is 2.25. The molecule has 0 bridgehead atoms. The minimum absolute atomic E-state index is 0.0482. The van der Waals surface area contributed by atoms with E-state index in [0.29, 0.717) is 6.42 Å². The van der Waals surface area contributed by atoms with E-state index < -0.39 is 32.5 Å². The molecule has 0 radical (unpaired) electrons. The molecule has 250 valence electrons. The summed E-state index contributed by atoms with van der Waals surface area (Å²) < 4.78 is 32.4. The van der Waals surface area contributed by atoms with Crippen LogP contribution in [0.1, 0.15) is 129 Å². The number of nitrogens with two attached hydrogens (primary N) is 1. The zero-order valence-electron chi connectivity index (χ0n) is 26.9. The Hall–Kier alpha value is -1.77. The van der Waals surface area contributed by atoms with Crippen LogP contribution in [0.3, 0.4) is 0 Å². The normalized spacial score (nSPS) is 14.0. The van der Waals surface area contributed by atoms with Crippen LogP contribution in [0, 0.1) is 0 Å². The molecular weight excluding hydrogens is 569 g/mol. The van der Waals surface area contributed by atoms with Crippen molar-refractivity contribution in [2.75, 3.05) is 26.4 Å². The van der Waals surface area contributed by atoms with E-state index in [0.717, 1.165) is 57.8 Å². The Labute approximate surface area is 261 Å². The topological polar surface area (TPSA) is 134 Å². The van der Waals surface area contributed by atoms with Crippen LogP contribution < -0.4 is 5.73 Å². The fraction of sp³-hybridized carbons (Fsp3) is 0.758. The van der Waals surface area contributed by atoms with Gasteiger partial charge in [-0.15, -0.1) is 0 Å². The number of unbranched alkanes of at least 4 members (excludes halogenated alkanes) is 11. The van der Waals surface area contributed by atoms with Gasteiger partial charge in [0.2, 0.25) is 0 Å². The quantitative estimate of drug-likeness (QED) is 0.0348. The first-order valence-corrected chi connectivity index (χ1v) is 18.0. The third kappa shape index (κ3) is 30.1. The van der Waals surface area contributed by atoms with Crippen molar-refractivity contribution in [2.24, 2.45) is 5.73 Å². The molecule has 0 fully saturated rings. The van der Waals surface area contributed by atoms with Gasteiger partial charge in [0.25, 0.3) is 0 Å². The van der Waals surface area contributed by atoms with E-state index in [9.17, 15) is 19.0 Å². The van der Waals surface area contributed by atoms with Gasteiger partial charge in [0.1, 0.15) is 6.61 Å². The molecule has 2 atom stereocenters. The minimum atomic E-state index is -4.37. The zero-order valence-corrected chi connectivity index (χ0v) is 27.8. The van der Waals surface area contributed by atoms with Crippen LogP contribution in [0.15, 0.2) is 36.5 Å². The predicted molar refractivity (Wildman–Crippen MR) is 173 cm³/mol. The second kappa shape index (κ2) is 30.3. The van der Waals surface area contributed by atoms with E-state index in [2.05, 4.69) is 50.3 Å². The molecule has 0 saturated heterocycles. The first-order valence-electron chi connectivity index (χ1n) is 16.5. The number of rotatable bonds is 30. The standard InChI is InChI=1S/C33H60NO8P/c1-3-5-7-9-11-13-14-15-16-18-20-22-24-26-33(36)42-31(30-41-43(37,38)40-28-27-34)29-39-32(35)25-23-21-19-17-12-10-8-6-4-2/h5,7,11,13,15-16,31H,3-4,6,8-10,12,14,17-30,34H2,1-2H3,(H,37,38)/b7-5-,13-11-,16-15-. The molecule has 0 aromatic carbocycles. The SMILES string of the molecule is CC/C=C\C/C=C\C/C=C\CCCCCC(=O)OC(COC(=O)CCCCCCCCCCC)COP(=O)(O)OCCN. The number of allylic oxidation sites excluding steroid dienone is 6. The summed E-state index contributed by atoms with van der Waals surface area (Å²) in [6.45, 7) is 3.52. The Morgan fingerprint density at radius 1 is 0.721 bits per heavy atom. The van der Waals surface area contributed by atoms with Gasteiger partial charge in [-0.2, -0.15) is 0 Å². The average molecular weight is 630 g/mol. The third-order valence-electron chi connectivity index (χ3n) is 6.54. The maximum atomic E-state index is 12.4. The summed E-state index contributed by atoms with van der Waals surface area (Å²) in [5, 5.41) is 0. The highest BCUT2D eigenvalue weighted by atomic mass is 31.2. The second-order valence-electron chi connectivity index (χ2n) is 10.7. The van der Waals surface area contributed by atoms with E-state index in [4.69, 9.17) is 24.3 Å². The van der Waals surface area contributed by atoms with Gasteiger partial charge in [-0.1, -0.05) is 108 Å². The van der Waals surface area contributed by atoms with Crippen molar-refractivity contribution in [1.29, 1.82) is 0 Å². The Balaban J connectivity index is 4.37. The molecule has 0 aliphatic carbocycles. The number of hydrogen-bond acceptors (Lipinski definition) is 8. The van der Waals surface area contributed by atoms with Crippen LogP contribution in [0.4, 0.5) is 0 Å². The molecule has 0 amide bonds. The lowest BCUT2D eigenvalue weighted by atomic mass is 10.1. The molecule has 0 rings (SSSR count). The average Bonchev–Trinajstić information content (AvgIpc) is 2.99. The molecule has 43 heavy (non-hydrogen) atoms. The van der Waals surface area contributed by atoms with Gasteiger partial charge in [-0.05, 0) is 44.9 Å². The van der Waals surface area contributed by atoms with Crippen LogP contribution in [0.2, 0.25) is 0 Å². The number of ether oxygens (including phenoxy) is 2. The molecule has 10 heteroatoms. The van der Waals surface area contributed by atoms with Crippen molar-refractivity contribution in [3.05, 3.63) is 36.5 Å². The molecule has 2 unspecified atom stereocenters.